The first-order valence-electron chi connectivity index (χ1n) is 6.51. The lowest BCUT2D eigenvalue weighted by molar-refractivity contribution is -0.151. The Morgan fingerprint density at radius 1 is 1.11 bits per heavy atom. The maximum Gasteiger partial charge on any atom is 0.331 e. The molecule has 0 aliphatic heterocycles. The zero-order chi connectivity index (χ0) is 14.0. The molecule has 0 heterocycles. The highest BCUT2D eigenvalue weighted by Gasteiger charge is 2.21. The highest BCUT2D eigenvalue weighted by Crippen LogP contribution is 2.19. The van der Waals surface area contributed by atoms with Gasteiger partial charge in [-0.2, -0.15) is 0 Å². The van der Waals surface area contributed by atoms with Crippen LogP contribution in [0.15, 0.2) is 12.2 Å². The van der Waals surface area contributed by atoms with Gasteiger partial charge in [0.2, 0.25) is 0 Å². The molecule has 0 atom stereocenters. The number of carbonyl (C=O) groups is 2. The van der Waals surface area contributed by atoms with Crippen molar-refractivity contribution in [1.29, 1.82) is 0 Å². The van der Waals surface area contributed by atoms with Gasteiger partial charge >= 0.3 is 11.9 Å². The fraction of sp³-hybridized carbons (Fsp3) is 0.714. The molecule has 0 aromatic heterocycles. The maximum absolute atomic E-state index is 11.3. The first-order chi connectivity index (χ1) is 8.37. The number of carbonyl (C=O) groups excluding carboxylic acids is 1. The molecule has 0 aliphatic carbocycles. The van der Waals surface area contributed by atoms with Crippen molar-refractivity contribution in [1.82, 2.24) is 0 Å². The van der Waals surface area contributed by atoms with Crippen molar-refractivity contribution >= 4 is 11.9 Å². The van der Waals surface area contributed by atoms with E-state index in [1.54, 1.807) is 0 Å². The average molecular weight is 256 g/mol. The molecule has 0 spiro atoms. The van der Waals surface area contributed by atoms with E-state index >= 15 is 0 Å². The predicted octanol–water partition coefficient (Wildman–Crippen LogP) is 3.31. The number of esters is 1. The largest absolute Gasteiger partial charge is 0.478 e. The smallest absolute Gasteiger partial charge is 0.331 e. The Bertz CT molecular complexity index is 292. The van der Waals surface area contributed by atoms with Gasteiger partial charge in [-0.25, -0.2) is 9.59 Å². The molecule has 0 saturated carbocycles. The fourth-order valence-corrected chi connectivity index (χ4v) is 1.65. The summed E-state index contributed by atoms with van der Waals surface area (Å²) in [5, 5.41) is 8.39. The summed E-state index contributed by atoms with van der Waals surface area (Å²) in [6.07, 6.45) is 8.34. The van der Waals surface area contributed by atoms with Gasteiger partial charge in [0.15, 0.2) is 0 Å². The Labute approximate surface area is 109 Å². The van der Waals surface area contributed by atoms with Crippen LogP contribution in [0.4, 0.5) is 0 Å². The molecule has 0 aromatic carbocycles. The molecule has 0 aromatic rings. The Hall–Kier alpha value is -1.32. The number of ether oxygens (including phenoxy) is 1. The number of carboxylic acid groups (broad SMARTS) is 1. The average Bonchev–Trinajstić information content (AvgIpc) is 2.25. The van der Waals surface area contributed by atoms with Crippen molar-refractivity contribution in [3.05, 3.63) is 12.2 Å². The van der Waals surface area contributed by atoms with Crippen LogP contribution >= 0.6 is 0 Å². The second kappa shape index (κ2) is 8.72. The van der Waals surface area contributed by atoms with Gasteiger partial charge in [0.1, 0.15) is 5.60 Å². The van der Waals surface area contributed by atoms with Crippen LogP contribution in [0.2, 0.25) is 0 Å². The minimum Gasteiger partial charge on any atom is -0.478 e. The Kier molecular flexibility index (Phi) is 8.08. The fourth-order valence-electron chi connectivity index (χ4n) is 1.65. The molecular formula is C14H24O4. The second-order valence-corrected chi connectivity index (χ2v) is 5.02. The zero-order valence-electron chi connectivity index (χ0n) is 11.6. The van der Waals surface area contributed by atoms with Crippen LogP contribution in [0.3, 0.4) is 0 Å². The molecule has 0 rings (SSSR count). The molecule has 104 valence electrons. The van der Waals surface area contributed by atoms with Crippen LogP contribution in [-0.2, 0) is 14.3 Å². The number of hydrogen-bond acceptors (Lipinski definition) is 3. The number of unbranched alkanes of at least 4 members (excludes halogenated alkanes) is 4. The third-order valence-electron chi connectivity index (χ3n) is 2.62. The first-order valence-corrected chi connectivity index (χ1v) is 6.51. The Balaban J connectivity index is 3.91. The monoisotopic (exact) mass is 256 g/mol. The summed E-state index contributed by atoms with van der Waals surface area (Å²) in [4.78, 5) is 21.6. The third kappa shape index (κ3) is 9.87. The lowest BCUT2D eigenvalue weighted by Crippen LogP contribution is -2.27. The zero-order valence-corrected chi connectivity index (χ0v) is 11.6. The van der Waals surface area contributed by atoms with Gasteiger partial charge in [0.25, 0.3) is 0 Å². The number of rotatable bonds is 9. The van der Waals surface area contributed by atoms with Gasteiger partial charge < -0.3 is 9.84 Å². The molecule has 0 radical (unpaired) electrons. The molecule has 0 aliphatic rings. The van der Waals surface area contributed by atoms with Crippen molar-refractivity contribution in [2.24, 2.45) is 0 Å². The van der Waals surface area contributed by atoms with E-state index in [1.165, 1.54) is 19.3 Å². The summed E-state index contributed by atoms with van der Waals surface area (Å²) in [6.45, 7) is 5.86. The molecule has 4 heteroatoms. The molecule has 18 heavy (non-hydrogen) atoms. The standard InChI is InChI=1S/C14H24O4/c1-4-5-6-7-8-11-14(2,3)18-13(17)10-9-12(15)16/h9-10H,4-8,11H2,1-3H3,(H,15,16)/b10-9-. The van der Waals surface area contributed by atoms with Crippen LogP contribution in [-0.4, -0.2) is 22.6 Å². The number of hydrogen-bond donors (Lipinski definition) is 1. The van der Waals surface area contributed by atoms with Crippen LogP contribution in [0.25, 0.3) is 0 Å². The lowest BCUT2D eigenvalue weighted by Gasteiger charge is -2.24. The normalized spacial score (nSPS) is 11.7. The molecular weight excluding hydrogens is 232 g/mol. The van der Waals surface area contributed by atoms with Gasteiger partial charge in [-0.05, 0) is 26.7 Å². The van der Waals surface area contributed by atoms with Crippen LogP contribution in [0.1, 0.15) is 59.3 Å². The van der Waals surface area contributed by atoms with Gasteiger partial charge in [0.05, 0.1) is 0 Å². The van der Waals surface area contributed by atoms with E-state index in [9.17, 15) is 9.59 Å². The van der Waals surface area contributed by atoms with Gasteiger partial charge in [0, 0.05) is 12.2 Å². The topological polar surface area (TPSA) is 63.6 Å². The lowest BCUT2D eigenvalue weighted by atomic mass is 9.99. The Morgan fingerprint density at radius 3 is 2.28 bits per heavy atom. The molecule has 1 N–H and O–H groups in total. The van der Waals surface area contributed by atoms with Crippen molar-refractivity contribution in [2.45, 2.75) is 64.9 Å². The quantitative estimate of drug-likeness (QED) is 0.390. The van der Waals surface area contributed by atoms with Crippen LogP contribution in [0.5, 0.6) is 0 Å². The summed E-state index contributed by atoms with van der Waals surface area (Å²) < 4.78 is 5.21. The van der Waals surface area contributed by atoms with Crippen molar-refractivity contribution in [3.63, 3.8) is 0 Å². The minimum absolute atomic E-state index is 0.536. The minimum atomic E-state index is -1.15. The maximum atomic E-state index is 11.3. The molecule has 0 amide bonds. The molecule has 0 saturated heterocycles. The van der Waals surface area contributed by atoms with Crippen molar-refractivity contribution < 1.29 is 19.4 Å². The third-order valence-corrected chi connectivity index (χ3v) is 2.62. The van der Waals surface area contributed by atoms with Crippen molar-refractivity contribution in [3.8, 4) is 0 Å². The Morgan fingerprint density at radius 2 is 1.72 bits per heavy atom. The van der Waals surface area contributed by atoms with Gasteiger partial charge in [-0.3, -0.25) is 0 Å². The predicted molar refractivity (Wildman–Crippen MR) is 70.3 cm³/mol. The summed E-state index contributed by atoms with van der Waals surface area (Å²) in [5.74, 6) is -1.75. The van der Waals surface area contributed by atoms with Crippen molar-refractivity contribution in [2.75, 3.05) is 0 Å². The van der Waals surface area contributed by atoms with E-state index in [2.05, 4.69) is 6.92 Å². The number of aliphatic carboxylic acids is 1. The molecule has 0 fully saturated rings. The van der Waals surface area contributed by atoms with E-state index in [0.29, 0.717) is 0 Å². The summed E-state index contributed by atoms with van der Waals surface area (Å²) in [6, 6.07) is 0. The molecule has 0 bridgehead atoms. The first kappa shape index (κ1) is 16.7. The van der Waals surface area contributed by atoms with E-state index in [0.717, 1.165) is 31.4 Å². The number of carboxylic acids is 1. The van der Waals surface area contributed by atoms with E-state index in [-0.39, 0.29) is 0 Å². The molecule has 0 unspecified atom stereocenters. The second-order valence-electron chi connectivity index (χ2n) is 5.02. The summed E-state index contributed by atoms with van der Waals surface area (Å²) >= 11 is 0. The highest BCUT2D eigenvalue weighted by molar-refractivity contribution is 5.90. The highest BCUT2D eigenvalue weighted by atomic mass is 16.6. The van der Waals surface area contributed by atoms with E-state index < -0.39 is 17.5 Å². The van der Waals surface area contributed by atoms with Gasteiger partial charge in [-0.15, -0.1) is 0 Å². The van der Waals surface area contributed by atoms with Crippen LogP contribution < -0.4 is 0 Å². The van der Waals surface area contributed by atoms with Crippen LogP contribution in [0, 0.1) is 0 Å². The SMILES string of the molecule is CCCCCCCC(C)(C)OC(=O)/C=C\C(=O)O. The summed E-state index contributed by atoms with van der Waals surface area (Å²) in [5.41, 5.74) is -0.536. The van der Waals surface area contributed by atoms with E-state index in [4.69, 9.17) is 9.84 Å². The van der Waals surface area contributed by atoms with E-state index in [1.807, 2.05) is 13.8 Å². The summed E-state index contributed by atoms with van der Waals surface area (Å²) in [7, 11) is 0. The molecule has 4 nitrogen and oxygen atoms in total. The van der Waals surface area contributed by atoms with Gasteiger partial charge in [-0.1, -0.05) is 32.6 Å².